The highest BCUT2D eigenvalue weighted by Gasteiger charge is 2.40. The summed E-state index contributed by atoms with van der Waals surface area (Å²) in [5.74, 6) is -5.60. The summed E-state index contributed by atoms with van der Waals surface area (Å²) >= 11 is 17.6. The van der Waals surface area contributed by atoms with Crippen LogP contribution in [0.2, 0.25) is 15.1 Å². The Labute approximate surface area is 238 Å². The molecule has 0 heterocycles. The monoisotopic (exact) mass is 628 g/mol. The highest BCUT2D eigenvalue weighted by atomic mass is 35.5. The normalized spacial score (nSPS) is 13.3. The number of fused-ring (bicyclic) bond motifs is 1. The molecule has 0 aliphatic carbocycles. The van der Waals surface area contributed by atoms with E-state index in [0.717, 1.165) is 31.3 Å². The standard InChI is InChI=1S/C26H18Cl3F7N2O2/c1-38(12-25(31,32)33)22(39)11-37-24(40)17-7-6-16(14-4-2-3-5-15(14)17)21(30)10-18(26(34,35)36)13-8-19(27)23(29)20(28)9-13/h2-10,18H,11-12H2,1H3,(H,37,40)/b21-10-. The fraction of sp³-hybridized carbons (Fsp3) is 0.231. The fourth-order valence-corrected chi connectivity index (χ4v) is 4.43. The highest BCUT2D eigenvalue weighted by Crippen LogP contribution is 2.42. The maximum Gasteiger partial charge on any atom is 0.406 e. The summed E-state index contributed by atoms with van der Waals surface area (Å²) in [5.41, 5.74) is -0.807. The van der Waals surface area contributed by atoms with Crippen LogP contribution in [0.3, 0.4) is 0 Å². The minimum atomic E-state index is -4.95. The van der Waals surface area contributed by atoms with Crippen LogP contribution in [0.15, 0.2) is 54.6 Å². The van der Waals surface area contributed by atoms with Crippen molar-refractivity contribution in [1.82, 2.24) is 10.2 Å². The van der Waals surface area contributed by atoms with Gasteiger partial charge in [0.2, 0.25) is 5.91 Å². The van der Waals surface area contributed by atoms with Gasteiger partial charge in [0.1, 0.15) is 18.3 Å². The van der Waals surface area contributed by atoms with E-state index in [-0.39, 0.29) is 37.0 Å². The van der Waals surface area contributed by atoms with Crippen molar-refractivity contribution in [2.24, 2.45) is 0 Å². The first kappa shape index (κ1) is 31.5. The maximum atomic E-state index is 15.4. The van der Waals surface area contributed by atoms with Gasteiger partial charge >= 0.3 is 12.4 Å². The van der Waals surface area contributed by atoms with Crippen molar-refractivity contribution < 1.29 is 40.3 Å². The summed E-state index contributed by atoms with van der Waals surface area (Å²) < 4.78 is 94.8. The molecule has 1 atom stereocenters. The number of hydrogen-bond donors (Lipinski definition) is 1. The van der Waals surface area contributed by atoms with Gasteiger partial charge in [-0.3, -0.25) is 9.59 Å². The van der Waals surface area contributed by atoms with E-state index in [9.17, 15) is 35.9 Å². The van der Waals surface area contributed by atoms with Crippen molar-refractivity contribution in [2.45, 2.75) is 18.3 Å². The third-order valence-electron chi connectivity index (χ3n) is 5.70. The molecule has 0 bridgehead atoms. The molecule has 0 aromatic heterocycles. The summed E-state index contributed by atoms with van der Waals surface area (Å²) in [7, 11) is 0.918. The molecule has 0 fully saturated rings. The first-order valence-corrected chi connectivity index (χ1v) is 12.3. The minimum absolute atomic E-state index is 0.0671. The van der Waals surface area contributed by atoms with Crippen molar-refractivity contribution in [3.63, 3.8) is 0 Å². The second-order valence-electron chi connectivity index (χ2n) is 8.59. The average molecular weight is 630 g/mol. The Balaban J connectivity index is 1.96. The zero-order chi connectivity index (χ0) is 30.0. The third kappa shape index (κ3) is 7.58. The predicted octanol–water partition coefficient (Wildman–Crippen LogP) is 8.21. The van der Waals surface area contributed by atoms with Gasteiger partial charge in [-0.25, -0.2) is 4.39 Å². The van der Waals surface area contributed by atoms with Crippen LogP contribution < -0.4 is 5.32 Å². The number of carbonyl (C=O) groups excluding carboxylic acids is 2. The molecule has 214 valence electrons. The maximum absolute atomic E-state index is 15.4. The number of nitrogens with one attached hydrogen (secondary N) is 1. The van der Waals surface area contributed by atoms with Gasteiger partial charge in [-0.2, -0.15) is 26.3 Å². The van der Waals surface area contributed by atoms with Crippen molar-refractivity contribution in [1.29, 1.82) is 0 Å². The lowest BCUT2D eigenvalue weighted by Gasteiger charge is -2.20. The molecule has 3 rings (SSSR count). The molecule has 1 N–H and O–H groups in total. The van der Waals surface area contributed by atoms with E-state index in [2.05, 4.69) is 5.32 Å². The molecule has 0 radical (unpaired) electrons. The molecular weight excluding hydrogens is 612 g/mol. The largest absolute Gasteiger partial charge is 0.406 e. The molecular formula is C26H18Cl3F7N2O2. The number of carbonyl (C=O) groups is 2. The second kappa shape index (κ2) is 12.2. The number of halogens is 10. The van der Waals surface area contributed by atoms with Gasteiger partial charge in [-0.05, 0) is 40.6 Å². The van der Waals surface area contributed by atoms with Gasteiger partial charge in [-0.1, -0.05) is 65.1 Å². The second-order valence-corrected chi connectivity index (χ2v) is 9.78. The molecule has 2 amide bonds. The van der Waals surface area contributed by atoms with Crippen molar-refractivity contribution in [3.05, 3.63) is 86.4 Å². The molecule has 14 heteroatoms. The number of rotatable bonds is 7. The van der Waals surface area contributed by atoms with Crippen molar-refractivity contribution in [2.75, 3.05) is 20.1 Å². The number of benzene rings is 3. The topological polar surface area (TPSA) is 49.4 Å². The Morgan fingerprint density at radius 3 is 1.98 bits per heavy atom. The SMILES string of the molecule is CN(CC(F)(F)F)C(=O)CNC(=O)c1ccc(/C(F)=C/C(c2cc(Cl)c(Cl)c(Cl)c2)C(F)(F)F)c2ccccc12. The third-order valence-corrected chi connectivity index (χ3v) is 6.90. The molecule has 0 spiro atoms. The van der Waals surface area contributed by atoms with Crippen LogP contribution in [-0.4, -0.2) is 49.2 Å². The highest BCUT2D eigenvalue weighted by molar-refractivity contribution is 6.48. The van der Waals surface area contributed by atoms with E-state index in [0.29, 0.717) is 11.0 Å². The van der Waals surface area contributed by atoms with Crippen LogP contribution in [-0.2, 0) is 4.79 Å². The molecule has 40 heavy (non-hydrogen) atoms. The predicted molar refractivity (Wildman–Crippen MR) is 139 cm³/mol. The molecule has 3 aromatic carbocycles. The van der Waals surface area contributed by atoms with Gasteiger partial charge in [0.15, 0.2) is 0 Å². The molecule has 4 nitrogen and oxygen atoms in total. The quantitative estimate of drug-likeness (QED) is 0.212. The lowest BCUT2D eigenvalue weighted by molar-refractivity contribution is -0.157. The first-order valence-electron chi connectivity index (χ1n) is 11.2. The Morgan fingerprint density at radius 1 is 0.925 bits per heavy atom. The molecule has 0 aliphatic heterocycles. The smallest absolute Gasteiger partial charge is 0.343 e. The summed E-state index contributed by atoms with van der Waals surface area (Å²) in [6, 6.07) is 9.79. The van der Waals surface area contributed by atoms with E-state index in [4.69, 9.17) is 34.8 Å². The summed E-state index contributed by atoms with van der Waals surface area (Å²) in [5, 5.41) is 1.73. The van der Waals surface area contributed by atoms with Crippen LogP contribution in [0.5, 0.6) is 0 Å². The zero-order valence-electron chi connectivity index (χ0n) is 20.2. The van der Waals surface area contributed by atoms with E-state index < -0.39 is 54.6 Å². The Kier molecular flexibility index (Phi) is 9.64. The number of nitrogens with zero attached hydrogens (tertiary/aromatic N) is 1. The Hall–Kier alpha value is -3.02. The number of allylic oxidation sites excluding steroid dienone is 1. The lowest BCUT2D eigenvalue weighted by atomic mass is 9.94. The van der Waals surface area contributed by atoms with Crippen molar-refractivity contribution in [3.8, 4) is 0 Å². The van der Waals surface area contributed by atoms with Gasteiger partial charge in [-0.15, -0.1) is 0 Å². The molecule has 0 saturated carbocycles. The van der Waals surface area contributed by atoms with E-state index >= 15 is 4.39 Å². The average Bonchev–Trinajstić information content (AvgIpc) is 2.85. The van der Waals surface area contributed by atoms with E-state index in [1.807, 2.05) is 0 Å². The van der Waals surface area contributed by atoms with Crippen LogP contribution in [0.4, 0.5) is 30.7 Å². The minimum Gasteiger partial charge on any atom is -0.343 e. The van der Waals surface area contributed by atoms with Crippen LogP contribution in [0, 0.1) is 0 Å². The van der Waals surface area contributed by atoms with Crippen LogP contribution in [0.1, 0.15) is 27.4 Å². The first-order chi connectivity index (χ1) is 18.5. The molecule has 3 aromatic rings. The number of amides is 2. The number of hydrogen-bond acceptors (Lipinski definition) is 2. The van der Waals surface area contributed by atoms with Gasteiger partial charge in [0.25, 0.3) is 5.91 Å². The molecule has 1 unspecified atom stereocenters. The van der Waals surface area contributed by atoms with E-state index in [1.54, 1.807) is 0 Å². The van der Waals surface area contributed by atoms with Gasteiger partial charge in [0.05, 0.1) is 21.6 Å². The molecule has 0 saturated heterocycles. The van der Waals surface area contributed by atoms with Crippen LogP contribution in [0.25, 0.3) is 16.6 Å². The molecule has 0 aliphatic rings. The van der Waals surface area contributed by atoms with Crippen LogP contribution >= 0.6 is 34.8 Å². The Bertz CT molecular complexity index is 1450. The number of likely N-dealkylation sites (N-methyl/N-ethyl adjacent to an activating group) is 1. The summed E-state index contributed by atoms with van der Waals surface area (Å²) in [6.45, 7) is -2.27. The zero-order valence-corrected chi connectivity index (χ0v) is 22.5. The fourth-order valence-electron chi connectivity index (χ4n) is 3.82. The summed E-state index contributed by atoms with van der Waals surface area (Å²) in [4.78, 5) is 25.1. The Morgan fingerprint density at radius 2 is 1.45 bits per heavy atom. The van der Waals surface area contributed by atoms with Gasteiger partial charge in [0, 0.05) is 18.2 Å². The van der Waals surface area contributed by atoms with Crippen molar-refractivity contribution >= 4 is 63.2 Å². The van der Waals surface area contributed by atoms with E-state index in [1.165, 1.54) is 24.3 Å². The summed E-state index contributed by atoms with van der Waals surface area (Å²) in [6.07, 6.45) is -9.24. The number of alkyl halides is 6. The van der Waals surface area contributed by atoms with Gasteiger partial charge < -0.3 is 10.2 Å². The lowest BCUT2D eigenvalue weighted by Crippen LogP contribution is -2.42.